The Hall–Kier alpha value is -1.88. The van der Waals surface area contributed by atoms with E-state index in [-0.39, 0.29) is 0 Å². The van der Waals surface area contributed by atoms with Crippen molar-refractivity contribution in [2.75, 3.05) is 27.3 Å². The van der Waals surface area contributed by atoms with Crippen LogP contribution in [0.15, 0.2) is 41.7 Å². The van der Waals surface area contributed by atoms with E-state index in [4.69, 9.17) is 0 Å². The molecule has 0 saturated carbocycles. The zero-order valence-corrected chi connectivity index (χ0v) is 15.7. The number of H-pyrrole nitrogens is 1. The van der Waals surface area contributed by atoms with E-state index in [0.717, 1.165) is 11.1 Å². The number of aliphatic imine (C=N–C) groups is 1. The smallest absolute Gasteiger partial charge is 0.319 e. The van der Waals surface area contributed by atoms with Crippen LogP contribution in [0.1, 0.15) is 19.4 Å². The molecule has 0 amide bonds. The summed E-state index contributed by atoms with van der Waals surface area (Å²) in [5.41, 5.74) is 2.31. The van der Waals surface area contributed by atoms with E-state index in [9.17, 15) is 4.57 Å². The second-order valence-electron chi connectivity index (χ2n) is 4.95. The van der Waals surface area contributed by atoms with E-state index in [2.05, 4.69) is 31.2 Å². The number of hydrogen-bond donors (Lipinski definition) is 1. The van der Waals surface area contributed by atoms with Crippen LogP contribution in [0, 0.1) is 0 Å². The summed E-state index contributed by atoms with van der Waals surface area (Å²) >= 11 is 0. The maximum atomic E-state index is 10.4. The lowest BCUT2D eigenvalue weighted by Gasteiger charge is -1.99. The molecule has 1 aromatic heterocycles. The lowest BCUT2D eigenvalue weighted by molar-refractivity contribution is 0.243. The zero-order valence-electron chi connectivity index (χ0n) is 14.7. The Morgan fingerprint density at radius 2 is 1.88 bits per heavy atom. The van der Waals surface area contributed by atoms with Gasteiger partial charge in [0.1, 0.15) is 0 Å². The maximum absolute atomic E-state index is 10.4. The molecule has 1 N–H and O–H groups in total. The van der Waals surface area contributed by atoms with E-state index < -0.39 is 8.25 Å². The summed E-state index contributed by atoms with van der Waals surface area (Å²) in [7, 11) is 1.75. The molecule has 2 aromatic rings. The number of rotatable bonds is 7. The topological polar surface area (TPSA) is 66.9 Å². The Kier molecular flexibility index (Phi) is 9.77. The molecular weight excluding hydrogens is 325 g/mol. The van der Waals surface area contributed by atoms with Crippen molar-refractivity contribution in [3.05, 3.63) is 42.2 Å². The first-order valence-corrected chi connectivity index (χ1v) is 9.02. The molecule has 0 saturated heterocycles. The normalized spacial score (nSPS) is 11.4. The van der Waals surface area contributed by atoms with Gasteiger partial charge in [0.25, 0.3) is 0 Å². The maximum Gasteiger partial charge on any atom is 0.319 e. The van der Waals surface area contributed by atoms with Crippen LogP contribution in [-0.4, -0.2) is 43.5 Å². The first kappa shape index (κ1) is 20.2. The predicted octanol–water partition coefficient (Wildman–Crippen LogP) is 4.18. The van der Waals surface area contributed by atoms with Gasteiger partial charge in [-0.1, -0.05) is 18.2 Å². The Labute approximate surface area is 144 Å². The number of hydrogen-bond acceptors (Lipinski definition) is 4. The van der Waals surface area contributed by atoms with Crippen LogP contribution >= 0.6 is 8.25 Å². The lowest BCUT2D eigenvalue weighted by atomic mass is 10.2. The van der Waals surface area contributed by atoms with E-state index in [1.165, 1.54) is 5.39 Å². The van der Waals surface area contributed by atoms with E-state index in [1.807, 2.05) is 43.4 Å². The predicted molar refractivity (Wildman–Crippen MR) is 102 cm³/mol. The van der Waals surface area contributed by atoms with Gasteiger partial charge >= 0.3 is 8.25 Å². The number of nitrogens with one attached hydrogen (secondary N) is 1. The minimum Gasteiger partial charge on any atom is -0.369 e. The van der Waals surface area contributed by atoms with Crippen molar-refractivity contribution >= 4 is 31.6 Å². The summed E-state index contributed by atoms with van der Waals surface area (Å²) in [6, 6.07) is 8.23. The van der Waals surface area contributed by atoms with Crippen LogP contribution in [0.25, 0.3) is 17.0 Å². The first-order chi connectivity index (χ1) is 11.6. The molecule has 0 aliphatic rings. The number of nitrogens with zero attached hydrogens (tertiary/aromatic N) is 2. The van der Waals surface area contributed by atoms with Crippen molar-refractivity contribution in [2.45, 2.75) is 13.8 Å². The summed E-state index contributed by atoms with van der Waals surface area (Å²) in [5, 5.41) is 1.22. The van der Waals surface area contributed by atoms with Gasteiger partial charge in [-0.3, -0.25) is 4.57 Å². The van der Waals surface area contributed by atoms with Crippen LogP contribution in [0.3, 0.4) is 0 Å². The van der Waals surface area contributed by atoms with Crippen molar-refractivity contribution in [2.24, 2.45) is 4.99 Å². The third-order valence-corrected chi connectivity index (χ3v) is 3.83. The van der Waals surface area contributed by atoms with E-state index >= 15 is 0 Å². The Balaban J connectivity index is 0.000000307. The molecule has 0 radical (unpaired) electrons. The van der Waals surface area contributed by atoms with Crippen LogP contribution in [0.5, 0.6) is 0 Å². The molecule has 0 bridgehead atoms. The highest BCUT2D eigenvalue weighted by molar-refractivity contribution is 7.33. The Bertz CT molecular complexity index is 673. The highest BCUT2D eigenvalue weighted by Gasteiger charge is 1.97. The lowest BCUT2D eigenvalue weighted by Crippen LogP contribution is -2.06. The van der Waals surface area contributed by atoms with Gasteiger partial charge in [-0.25, -0.2) is 4.99 Å². The summed E-state index contributed by atoms with van der Waals surface area (Å²) in [4.78, 5) is 9.29. The zero-order chi connectivity index (χ0) is 17.8. The molecule has 7 heteroatoms. The standard InChI is InChI=1S/C13H15N3.C4H11O3P/c1-16(2)10-14-8-7-11-9-15-13-6-4-3-5-12(11)13;1-3-6-8(5)7-4-2/h3-10,15H,1-2H3;8H,3-4H2,1-2H3. The quantitative estimate of drug-likeness (QED) is 0.462. The molecule has 24 heavy (non-hydrogen) atoms. The average molecular weight is 351 g/mol. The number of aromatic nitrogens is 1. The number of para-hydroxylation sites is 1. The van der Waals surface area contributed by atoms with Gasteiger partial charge in [0, 0.05) is 43.0 Å². The third kappa shape index (κ3) is 7.59. The van der Waals surface area contributed by atoms with Crippen LogP contribution in [0.2, 0.25) is 0 Å². The molecule has 2 rings (SSSR count). The summed E-state index contributed by atoms with van der Waals surface area (Å²) in [6.45, 7) is 4.47. The molecule has 0 fully saturated rings. The molecule has 1 heterocycles. The van der Waals surface area contributed by atoms with Gasteiger partial charge in [0.05, 0.1) is 19.6 Å². The molecule has 0 aliphatic carbocycles. The van der Waals surface area contributed by atoms with Gasteiger partial charge < -0.3 is 18.9 Å². The van der Waals surface area contributed by atoms with Crippen LogP contribution in [-0.2, 0) is 13.6 Å². The fourth-order valence-corrected chi connectivity index (χ4v) is 2.36. The van der Waals surface area contributed by atoms with Crippen LogP contribution in [0.4, 0.5) is 0 Å². The number of aromatic amines is 1. The van der Waals surface area contributed by atoms with Gasteiger partial charge in [0.15, 0.2) is 0 Å². The van der Waals surface area contributed by atoms with Crippen molar-refractivity contribution in [3.8, 4) is 0 Å². The van der Waals surface area contributed by atoms with Crippen molar-refractivity contribution in [1.29, 1.82) is 0 Å². The van der Waals surface area contributed by atoms with Crippen LogP contribution < -0.4 is 0 Å². The highest BCUT2D eigenvalue weighted by atomic mass is 31.1. The molecular formula is C17H26N3O3P. The molecule has 0 aliphatic heterocycles. The molecule has 0 spiro atoms. The van der Waals surface area contributed by atoms with Gasteiger partial charge in [-0.2, -0.15) is 0 Å². The monoisotopic (exact) mass is 351 g/mol. The summed E-state index contributed by atoms with van der Waals surface area (Å²) in [5.74, 6) is 0. The molecule has 6 nitrogen and oxygen atoms in total. The minimum absolute atomic E-state index is 0.456. The third-order valence-electron chi connectivity index (χ3n) is 2.78. The fourth-order valence-electron chi connectivity index (χ4n) is 1.80. The average Bonchev–Trinajstić information content (AvgIpc) is 2.96. The van der Waals surface area contributed by atoms with Crippen molar-refractivity contribution < 1.29 is 13.6 Å². The first-order valence-electron chi connectivity index (χ1n) is 7.80. The second kappa shape index (κ2) is 11.6. The summed E-state index contributed by atoms with van der Waals surface area (Å²) in [6.07, 6.45) is 7.56. The molecule has 0 atom stereocenters. The number of fused-ring (bicyclic) bond motifs is 1. The highest BCUT2D eigenvalue weighted by Crippen LogP contribution is 2.22. The van der Waals surface area contributed by atoms with Gasteiger partial charge in [-0.15, -0.1) is 0 Å². The largest absolute Gasteiger partial charge is 0.369 e. The molecule has 132 valence electrons. The van der Waals surface area contributed by atoms with E-state index in [1.54, 1.807) is 26.4 Å². The SMILES string of the molecule is CCO[PH](=O)OCC.CN(C)C=NC=Cc1c[nH]c2ccccc12. The minimum atomic E-state index is -2.14. The van der Waals surface area contributed by atoms with E-state index in [0.29, 0.717) is 13.2 Å². The number of benzene rings is 1. The van der Waals surface area contributed by atoms with Gasteiger partial charge in [0.2, 0.25) is 0 Å². The summed E-state index contributed by atoms with van der Waals surface area (Å²) < 4.78 is 19.6. The van der Waals surface area contributed by atoms with Crippen molar-refractivity contribution in [3.63, 3.8) is 0 Å². The molecule has 0 unspecified atom stereocenters. The Morgan fingerprint density at radius 3 is 2.50 bits per heavy atom. The second-order valence-corrected chi connectivity index (χ2v) is 6.03. The fraction of sp³-hybridized carbons (Fsp3) is 0.353. The molecule has 1 aromatic carbocycles. The van der Waals surface area contributed by atoms with Crippen molar-refractivity contribution in [1.82, 2.24) is 9.88 Å². The van der Waals surface area contributed by atoms with Gasteiger partial charge in [-0.05, 0) is 26.0 Å². The Morgan fingerprint density at radius 1 is 1.21 bits per heavy atom.